The fourth-order valence-corrected chi connectivity index (χ4v) is 3.64. The van der Waals surface area contributed by atoms with Crippen molar-refractivity contribution in [3.05, 3.63) is 47.8 Å². The number of urea groups is 1. The van der Waals surface area contributed by atoms with Crippen molar-refractivity contribution in [1.82, 2.24) is 24.9 Å². The van der Waals surface area contributed by atoms with Crippen LogP contribution in [0.2, 0.25) is 0 Å². The maximum absolute atomic E-state index is 13.1. The van der Waals surface area contributed by atoms with Crippen LogP contribution >= 0.6 is 0 Å². The molecule has 0 spiro atoms. The highest BCUT2D eigenvalue weighted by atomic mass is 16.5. The van der Waals surface area contributed by atoms with E-state index in [0.29, 0.717) is 25.6 Å². The van der Waals surface area contributed by atoms with Gasteiger partial charge in [-0.05, 0) is 62.7 Å². The summed E-state index contributed by atoms with van der Waals surface area (Å²) >= 11 is 0. The quantitative estimate of drug-likeness (QED) is 0.722. The van der Waals surface area contributed by atoms with E-state index < -0.39 is 0 Å². The number of nitrogens with zero attached hydrogens (tertiary/aromatic N) is 4. The number of rotatable bonds is 8. The molecule has 164 valence electrons. The van der Waals surface area contributed by atoms with Gasteiger partial charge in [0.1, 0.15) is 5.75 Å². The molecular weight excluding hydrogens is 378 g/mol. The molecule has 2 heterocycles. The minimum atomic E-state index is -0.0321. The number of carbonyl (C=O) groups is 1. The van der Waals surface area contributed by atoms with Crippen LogP contribution in [0.15, 0.2) is 36.5 Å². The van der Waals surface area contributed by atoms with Crippen LogP contribution in [0.25, 0.3) is 0 Å². The molecule has 30 heavy (non-hydrogen) atoms. The second kappa shape index (κ2) is 10.5. The van der Waals surface area contributed by atoms with E-state index in [1.165, 1.54) is 0 Å². The van der Waals surface area contributed by atoms with E-state index in [4.69, 9.17) is 4.74 Å². The Balaban J connectivity index is 1.59. The van der Waals surface area contributed by atoms with Crippen LogP contribution in [0.4, 0.5) is 4.79 Å². The summed E-state index contributed by atoms with van der Waals surface area (Å²) in [6, 6.07) is 10.1. The van der Waals surface area contributed by atoms with E-state index in [0.717, 1.165) is 42.9 Å². The van der Waals surface area contributed by atoms with Gasteiger partial charge in [0.2, 0.25) is 0 Å². The molecule has 1 N–H and O–H groups in total. The van der Waals surface area contributed by atoms with Crippen LogP contribution in [0.1, 0.15) is 37.9 Å². The largest absolute Gasteiger partial charge is 0.493 e. The van der Waals surface area contributed by atoms with Crippen molar-refractivity contribution < 1.29 is 9.53 Å². The lowest BCUT2D eigenvalue weighted by Gasteiger charge is -2.37. The number of hydrogen-bond donors (Lipinski definition) is 1. The number of nitrogens with one attached hydrogen (secondary N) is 1. The van der Waals surface area contributed by atoms with Gasteiger partial charge in [0.25, 0.3) is 0 Å². The maximum Gasteiger partial charge on any atom is 0.318 e. The van der Waals surface area contributed by atoms with Gasteiger partial charge in [0, 0.05) is 25.8 Å². The molecule has 0 radical (unpaired) electrons. The van der Waals surface area contributed by atoms with Crippen molar-refractivity contribution in [2.24, 2.45) is 13.0 Å². The smallest absolute Gasteiger partial charge is 0.318 e. The average Bonchev–Trinajstić information content (AvgIpc) is 3.15. The summed E-state index contributed by atoms with van der Waals surface area (Å²) < 4.78 is 7.51. The molecule has 2 amide bonds. The third kappa shape index (κ3) is 6.49. The first kappa shape index (κ1) is 22.2. The van der Waals surface area contributed by atoms with Gasteiger partial charge in [-0.3, -0.25) is 4.68 Å². The van der Waals surface area contributed by atoms with Crippen LogP contribution in [-0.2, 0) is 20.1 Å². The van der Waals surface area contributed by atoms with Crippen LogP contribution in [0.3, 0.4) is 0 Å². The lowest BCUT2D eigenvalue weighted by molar-refractivity contribution is 0.126. The molecule has 3 rings (SSSR count). The highest BCUT2D eigenvalue weighted by Crippen LogP contribution is 2.19. The monoisotopic (exact) mass is 413 g/mol. The van der Waals surface area contributed by atoms with E-state index in [1.54, 1.807) is 4.68 Å². The summed E-state index contributed by atoms with van der Waals surface area (Å²) in [6.45, 7) is 8.01. The molecule has 7 heteroatoms. The zero-order chi connectivity index (χ0) is 21.5. The van der Waals surface area contributed by atoms with Crippen molar-refractivity contribution in [2.75, 3.05) is 26.7 Å². The molecule has 2 aromatic rings. The molecule has 0 unspecified atom stereocenters. The number of ether oxygens (including phenoxy) is 1. The average molecular weight is 414 g/mol. The number of amides is 2. The van der Waals surface area contributed by atoms with Gasteiger partial charge in [0.15, 0.2) is 0 Å². The summed E-state index contributed by atoms with van der Waals surface area (Å²) in [4.78, 5) is 17.4. The third-order valence-corrected chi connectivity index (χ3v) is 5.44. The van der Waals surface area contributed by atoms with Crippen molar-refractivity contribution in [3.63, 3.8) is 0 Å². The number of hydrogen-bond acceptors (Lipinski definition) is 4. The zero-order valence-electron chi connectivity index (χ0n) is 18.7. The molecule has 0 aliphatic carbocycles. The Morgan fingerprint density at radius 1 is 1.20 bits per heavy atom. The minimum absolute atomic E-state index is 0.0321. The lowest BCUT2D eigenvalue weighted by Crippen LogP contribution is -2.49. The number of benzene rings is 1. The first-order valence-electron chi connectivity index (χ1n) is 10.8. The lowest BCUT2D eigenvalue weighted by atomic mass is 10.0. The fourth-order valence-electron chi connectivity index (χ4n) is 3.64. The summed E-state index contributed by atoms with van der Waals surface area (Å²) in [5.41, 5.74) is 1.97. The van der Waals surface area contributed by atoms with E-state index in [-0.39, 0.29) is 12.1 Å². The Kier molecular flexibility index (Phi) is 7.74. The molecule has 7 nitrogen and oxygen atoms in total. The van der Waals surface area contributed by atoms with E-state index in [2.05, 4.69) is 36.2 Å². The Bertz CT molecular complexity index is 794. The molecule has 1 saturated heterocycles. The van der Waals surface area contributed by atoms with Crippen molar-refractivity contribution in [1.29, 1.82) is 0 Å². The van der Waals surface area contributed by atoms with Crippen molar-refractivity contribution in [2.45, 2.75) is 45.8 Å². The fraction of sp³-hybridized carbons (Fsp3) is 0.565. The van der Waals surface area contributed by atoms with Gasteiger partial charge in [0.05, 0.1) is 18.8 Å². The van der Waals surface area contributed by atoms with Crippen LogP contribution in [0.5, 0.6) is 5.75 Å². The number of likely N-dealkylation sites (tertiary alicyclic amines) is 1. The van der Waals surface area contributed by atoms with E-state index in [9.17, 15) is 4.79 Å². The molecule has 1 aromatic carbocycles. The number of aryl methyl sites for hydroxylation is 1. The van der Waals surface area contributed by atoms with E-state index >= 15 is 0 Å². The predicted molar refractivity (Wildman–Crippen MR) is 118 cm³/mol. The molecule has 0 bridgehead atoms. The van der Waals surface area contributed by atoms with Crippen LogP contribution in [-0.4, -0.2) is 58.4 Å². The summed E-state index contributed by atoms with van der Waals surface area (Å²) in [5, 5.41) is 7.57. The zero-order valence-corrected chi connectivity index (χ0v) is 18.7. The summed E-state index contributed by atoms with van der Waals surface area (Å²) in [7, 11) is 4.03. The second-order valence-electron chi connectivity index (χ2n) is 8.65. The molecule has 1 aliphatic rings. The molecule has 1 aromatic heterocycles. The standard InChI is InChI=1S/C23H35N5O2/c1-18(2)17-30-22-7-5-19(6-8-22)15-24-23(29)28(16-20-9-14-27(4)25-20)21-10-12-26(3)13-11-21/h5-9,14,18,21H,10-13,15-17H2,1-4H3,(H,24,29). The van der Waals surface area contributed by atoms with Gasteiger partial charge in [-0.25, -0.2) is 4.79 Å². The Hall–Kier alpha value is -2.54. The second-order valence-corrected chi connectivity index (χ2v) is 8.65. The number of piperidine rings is 1. The maximum atomic E-state index is 13.1. The highest BCUT2D eigenvalue weighted by molar-refractivity contribution is 5.74. The first-order chi connectivity index (χ1) is 14.4. The van der Waals surface area contributed by atoms with Gasteiger partial charge < -0.3 is 19.9 Å². The van der Waals surface area contributed by atoms with Gasteiger partial charge in [-0.2, -0.15) is 5.10 Å². The highest BCUT2D eigenvalue weighted by Gasteiger charge is 2.27. The van der Waals surface area contributed by atoms with Gasteiger partial charge in [-0.1, -0.05) is 26.0 Å². The summed E-state index contributed by atoms with van der Waals surface area (Å²) in [6.07, 6.45) is 3.89. The van der Waals surface area contributed by atoms with Crippen LogP contribution < -0.4 is 10.1 Å². The summed E-state index contributed by atoms with van der Waals surface area (Å²) in [5.74, 6) is 1.36. The Labute approximate surface area is 180 Å². The predicted octanol–water partition coefficient (Wildman–Crippen LogP) is 3.26. The minimum Gasteiger partial charge on any atom is -0.493 e. The molecule has 1 fully saturated rings. The topological polar surface area (TPSA) is 62.6 Å². The van der Waals surface area contributed by atoms with E-state index in [1.807, 2.05) is 48.5 Å². The Morgan fingerprint density at radius 3 is 2.50 bits per heavy atom. The van der Waals surface area contributed by atoms with Crippen LogP contribution in [0, 0.1) is 5.92 Å². The molecule has 1 aliphatic heterocycles. The third-order valence-electron chi connectivity index (χ3n) is 5.44. The van der Waals surface area contributed by atoms with Gasteiger partial charge in [-0.15, -0.1) is 0 Å². The van der Waals surface area contributed by atoms with Gasteiger partial charge >= 0.3 is 6.03 Å². The molecule has 0 atom stereocenters. The van der Waals surface area contributed by atoms with Crippen molar-refractivity contribution >= 4 is 6.03 Å². The number of carbonyl (C=O) groups excluding carboxylic acids is 1. The Morgan fingerprint density at radius 2 is 1.90 bits per heavy atom. The normalized spacial score (nSPS) is 15.4. The molecule has 0 saturated carbocycles. The molecular formula is C23H35N5O2. The number of aromatic nitrogens is 2. The van der Waals surface area contributed by atoms with Crippen molar-refractivity contribution in [3.8, 4) is 5.75 Å². The SMILES string of the molecule is CC(C)COc1ccc(CNC(=O)N(Cc2ccn(C)n2)C2CCN(C)CC2)cc1. The first-order valence-corrected chi connectivity index (χ1v) is 10.8.